The molecule has 4 rings (SSSR count). The molecule has 1 saturated heterocycles. The minimum Gasteiger partial charge on any atom is -0.458 e. The maximum absolute atomic E-state index is 14.7. The molecule has 3 aromatic rings. The summed E-state index contributed by atoms with van der Waals surface area (Å²) in [4.78, 5) is 32.0. The molecule has 10 heteroatoms. The predicted octanol–water partition coefficient (Wildman–Crippen LogP) is 2.33. The number of piperidine rings is 1. The summed E-state index contributed by atoms with van der Waals surface area (Å²) >= 11 is 0. The van der Waals surface area contributed by atoms with Gasteiger partial charge in [-0.3, -0.25) is 9.36 Å². The normalized spacial score (nSPS) is 15.4. The van der Waals surface area contributed by atoms with Crippen LogP contribution in [-0.4, -0.2) is 57.6 Å². The third-order valence-corrected chi connectivity index (χ3v) is 5.87. The zero-order chi connectivity index (χ0) is 24.5. The molecule has 1 aliphatic heterocycles. The van der Waals surface area contributed by atoms with Crippen LogP contribution in [0.3, 0.4) is 0 Å². The summed E-state index contributed by atoms with van der Waals surface area (Å²) in [5, 5.41) is 19.7. The van der Waals surface area contributed by atoms with Crippen molar-refractivity contribution in [3.8, 4) is 5.69 Å². The largest absolute Gasteiger partial charge is 0.458 e. The summed E-state index contributed by atoms with van der Waals surface area (Å²) in [6.07, 6.45) is 3.11. The Labute approximate surface area is 193 Å². The summed E-state index contributed by atoms with van der Waals surface area (Å²) in [7, 11) is 0. The molecular weight excluding hydrogens is 448 g/mol. The topological polar surface area (TPSA) is 105 Å². The fraction of sp³-hybridized carbons (Fsp3) is 0.292. The molecule has 178 valence electrons. The van der Waals surface area contributed by atoms with Gasteiger partial charge in [0.15, 0.2) is 5.65 Å². The van der Waals surface area contributed by atoms with E-state index < -0.39 is 28.6 Å². The van der Waals surface area contributed by atoms with Crippen LogP contribution in [0.25, 0.3) is 16.7 Å². The first-order chi connectivity index (χ1) is 16.3. The number of aliphatic hydroxyl groups is 2. The lowest BCUT2D eigenvalue weighted by molar-refractivity contribution is -0.0326. The van der Waals surface area contributed by atoms with Gasteiger partial charge in [0, 0.05) is 25.4 Å². The van der Waals surface area contributed by atoms with Crippen LogP contribution >= 0.6 is 0 Å². The van der Waals surface area contributed by atoms with Crippen LogP contribution in [-0.2, 0) is 4.74 Å². The minimum absolute atomic E-state index is 0.0457. The average Bonchev–Trinajstić information content (AvgIpc) is 2.83. The van der Waals surface area contributed by atoms with E-state index in [0.29, 0.717) is 37.8 Å². The number of pyridine rings is 2. The van der Waals surface area contributed by atoms with E-state index in [0.717, 1.165) is 12.3 Å². The maximum atomic E-state index is 14.7. The fourth-order valence-corrected chi connectivity index (χ4v) is 3.90. The van der Waals surface area contributed by atoms with Gasteiger partial charge in [0.05, 0.1) is 23.3 Å². The van der Waals surface area contributed by atoms with Gasteiger partial charge in [-0.05, 0) is 37.1 Å². The van der Waals surface area contributed by atoms with E-state index in [-0.39, 0.29) is 35.5 Å². The maximum Gasteiger partial charge on any atom is 0.343 e. The number of hydrogen-bond donors (Lipinski definition) is 2. The molecule has 0 radical (unpaired) electrons. The molecule has 0 saturated carbocycles. The van der Waals surface area contributed by atoms with Gasteiger partial charge in [-0.2, -0.15) is 0 Å². The highest BCUT2D eigenvalue weighted by Crippen LogP contribution is 2.27. The molecule has 1 aromatic carbocycles. The summed E-state index contributed by atoms with van der Waals surface area (Å²) in [5.41, 5.74) is -2.18. The molecule has 0 atom stereocenters. The van der Waals surface area contributed by atoms with Gasteiger partial charge in [0.25, 0.3) is 0 Å². The van der Waals surface area contributed by atoms with Crippen molar-refractivity contribution in [3.63, 3.8) is 0 Å². The monoisotopic (exact) mass is 471 g/mol. The zero-order valence-corrected chi connectivity index (χ0v) is 18.2. The van der Waals surface area contributed by atoms with Crippen LogP contribution in [0.5, 0.6) is 0 Å². The zero-order valence-electron chi connectivity index (χ0n) is 18.2. The molecule has 0 amide bonds. The minimum atomic E-state index is -1.16. The van der Waals surface area contributed by atoms with E-state index >= 15 is 0 Å². The van der Waals surface area contributed by atoms with Crippen LogP contribution in [0.15, 0.2) is 54.0 Å². The van der Waals surface area contributed by atoms with Crippen LogP contribution in [0.2, 0.25) is 0 Å². The molecule has 8 nitrogen and oxygen atoms in total. The number of benzene rings is 1. The number of aliphatic hydroxyl groups excluding tert-OH is 1. The lowest BCUT2D eigenvalue weighted by Gasteiger charge is -2.37. The lowest BCUT2D eigenvalue weighted by atomic mass is 9.92. The number of carbonyl (C=O) groups is 1. The standard InChI is InChI=1S/C24H23F2N3O5/c1-2-11-34-23(32)17-13-29(19-5-3-15(25)12-18(19)26)22-16(21(17)31)4-6-20(27-22)28-9-7-24(33,14-30)8-10-28/h2-6,12-13,30,33H,1,7-11,14H2. The molecule has 1 aliphatic rings. The number of carbonyl (C=O) groups excluding carboxylic acids is 1. The van der Waals surface area contributed by atoms with Crippen molar-refractivity contribution in [2.75, 3.05) is 31.2 Å². The van der Waals surface area contributed by atoms with Crippen molar-refractivity contribution in [3.05, 3.63) is 76.6 Å². The first-order valence-corrected chi connectivity index (χ1v) is 10.6. The second-order valence-corrected chi connectivity index (χ2v) is 8.13. The molecule has 34 heavy (non-hydrogen) atoms. The first kappa shape index (κ1) is 23.5. The Balaban J connectivity index is 1.87. The Bertz CT molecular complexity index is 1320. The molecule has 0 unspecified atom stereocenters. The van der Waals surface area contributed by atoms with E-state index in [9.17, 15) is 28.6 Å². The molecule has 2 aromatic heterocycles. The van der Waals surface area contributed by atoms with Gasteiger partial charge in [0.2, 0.25) is 5.43 Å². The number of aromatic nitrogens is 2. The highest BCUT2D eigenvalue weighted by molar-refractivity contribution is 5.93. The van der Waals surface area contributed by atoms with Gasteiger partial charge in [-0.1, -0.05) is 12.7 Å². The first-order valence-electron chi connectivity index (χ1n) is 10.6. The number of ether oxygens (including phenoxy) is 1. The van der Waals surface area contributed by atoms with Crippen LogP contribution in [0, 0.1) is 11.6 Å². The van der Waals surface area contributed by atoms with Gasteiger partial charge < -0.3 is 19.8 Å². The van der Waals surface area contributed by atoms with Gasteiger partial charge in [-0.25, -0.2) is 18.6 Å². The molecule has 0 spiro atoms. The summed E-state index contributed by atoms with van der Waals surface area (Å²) < 4.78 is 34.5. The highest BCUT2D eigenvalue weighted by atomic mass is 19.1. The number of nitrogens with zero attached hydrogens (tertiary/aromatic N) is 3. The van der Waals surface area contributed by atoms with Crippen LogP contribution < -0.4 is 10.3 Å². The highest BCUT2D eigenvalue weighted by Gasteiger charge is 2.32. The number of fused-ring (bicyclic) bond motifs is 1. The quantitative estimate of drug-likeness (QED) is 0.420. The van der Waals surface area contributed by atoms with E-state index in [1.807, 2.05) is 4.90 Å². The smallest absolute Gasteiger partial charge is 0.343 e. The van der Waals surface area contributed by atoms with E-state index in [1.54, 1.807) is 6.07 Å². The fourth-order valence-electron chi connectivity index (χ4n) is 3.90. The lowest BCUT2D eigenvalue weighted by Crippen LogP contribution is -2.46. The number of esters is 1. The van der Waals surface area contributed by atoms with Crippen LogP contribution in [0.4, 0.5) is 14.6 Å². The average molecular weight is 471 g/mol. The summed E-state index contributed by atoms with van der Waals surface area (Å²) in [6, 6.07) is 6.01. The number of halogens is 2. The van der Waals surface area contributed by atoms with Crippen molar-refractivity contribution in [1.82, 2.24) is 9.55 Å². The van der Waals surface area contributed by atoms with Crippen LogP contribution in [0.1, 0.15) is 23.2 Å². The third-order valence-electron chi connectivity index (χ3n) is 5.87. The number of rotatable bonds is 6. The Morgan fingerprint density at radius 2 is 1.97 bits per heavy atom. The van der Waals surface area contributed by atoms with Gasteiger partial charge >= 0.3 is 5.97 Å². The summed E-state index contributed by atoms with van der Waals surface area (Å²) in [5.74, 6) is -2.14. The van der Waals surface area contributed by atoms with Crippen molar-refractivity contribution in [2.45, 2.75) is 18.4 Å². The second kappa shape index (κ2) is 9.32. The predicted molar refractivity (Wildman–Crippen MR) is 121 cm³/mol. The molecule has 3 heterocycles. The van der Waals surface area contributed by atoms with Crippen molar-refractivity contribution in [2.24, 2.45) is 0 Å². The SMILES string of the molecule is C=CCOC(=O)c1cn(-c2ccc(F)cc2F)c2nc(N3CCC(O)(CO)CC3)ccc2c1=O. The number of hydrogen-bond acceptors (Lipinski definition) is 7. The number of anilines is 1. The molecule has 1 fully saturated rings. The van der Waals surface area contributed by atoms with Gasteiger partial charge in [-0.15, -0.1) is 0 Å². The van der Waals surface area contributed by atoms with Crippen molar-refractivity contribution in [1.29, 1.82) is 0 Å². The molecule has 0 bridgehead atoms. The third kappa shape index (κ3) is 4.42. The Morgan fingerprint density at radius 3 is 2.62 bits per heavy atom. The van der Waals surface area contributed by atoms with E-state index in [4.69, 9.17) is 4.74 Å². The van der Waals surface area contributed by atoms with E-state index in [1.165, 1.54) is 22.8 Å². The van der Waals surface area contributed by atoms with Gasteiger partial charge in [0.1, 0.15) is 29.6 Å². The molecule has 2 N–H and O–H groups in total. The molecule has 0 aliphatic carbocycles. The summed E-state index contributed by atoms with van der Waals surface area (Å²) in [6.45, 7) is 3.80. The van der Waals surface area contributed by atoms with Crippen molar-refractivity contribution < 1.29 is 28.5 Å². The second-order valence-electron chi connectivity index (χ2n) is 8.13. The molecular formula is C24H23F2N3O5. The Morgan fingerprint density at radius 1 is 1.24 bits per heavy atom. The van der Waals surface area contributed by atoms with Crippen molar-refractivity contribution >= 4 is 22.8 Å². The Kier molecular flexibility index (Phi) is 6.45. The van der Waals surface area contributed by atoms with E-state index in [2.05, 4.69) is 11.6 Å². The Hall–Kier alpha value is -3.63.